The molecule has 4 heteroatoms. The number of fused-ring (bicyclic) bond motifs is 1. The normalized spacial score (nSPS) is 17.0. The molecule has 1 aliphatic heterocycles. The first-order valence-corrected chi connectivity index (χ1v) is 9.31. The van der Waals surface area contributed by atoms with E-state index < -0.39 is 0 Å². The second kappa shape index (κ2) is 7.42. The molecule has 1 atom stereocenters. The lowest BCUT2D eigenvalue weighted by Crippen LogP contribution is -2.38. The second-order valence-corrected chi connectivity index (χ2v) is 7.62. The minimum atomic E-state index is 0.215. The second-order valence-electron chi connectivity index (χ2n) is 7.62. The van der Waals surface area contributed by atoms with E-state index in [1.165, 1.54) is 22.4 Å². The Morgan fingerprint density at radius 2 is 2.04 bits per heavy atom. The average molecular weight is 339 g/mol. The molecule has 0 bridgehead atoms. The predicted octanol–water partition coefficient (Wildman–Crippen LogP) is 4.03. The van der Waals surface area contributed by atoms with Crippen molar-refractivity contribution in [2.24, 2.45) is 13.0 Å². The molecule has 4 nitrogen and oxygen atoms in total. The maximum atomic E-state index is 12.8. The Morgan fingerprint density at radius 1 is 1.28 bits per heavy atom. The van der Waals surface area contributed by atoms with E-state index in [0.717, 1.165) is 25.9 Å². The Morgan fingerprint density at radius 3 is 2.72 bits per heavy atom. The first-order chi connectivity index (χ1) is 12.0. The van der Waals surface area contributed by atoms with Crippen LogP contribution in [0, 0.1) is 12.8 Å². The summed E-state index contributed by atoms with van der Waals surface area (Å²) < 4.78 is 1.92. The highest BCUT2D eigenvalue weighted by molar-refractivity contribution is 5.76. The highest BCUT2D eigenvalue weighted by Gasteiger charge is 2.30. The number of rotatable bonds is 5. The van der Waals surface area contributed by atoms with Gasteiger partial charge in [-0.3, -0.25) is 9.48 Å². The zero-order chi connectivity index (χ0) is 18.0. The number of amides is 1. The molecule has 0 aliphatic carbocycles. The van der Waals surface area contributed by atoms with Gasteiger partial charge in [0, 0.05) is 43.7 Å². The fourth-order valence-electron chi connectivity index (χ4n) is 3.74. The first kappa shape index (κ1) is 17.7. The molecular formula is C21H29N3O. The van der Waals surface area contributed by atoms with Crippen LogP contribution in [0.4, 0.5) is 0 Å². The summed E-state index contributed by atoms with van der Waals surface area (Å²) in [5, 5.41) is 4.42. The maximum absolute atomic E-state index is 12.8. The number of hydrogen-bond donors (Lipinski definition) is 0. The first-order valence-electron chi connectivity index (χ1n) is 9.31. The number of nitrogens with zero attached hydrogens (tertiary/aromatic N) is 3. The Kier molecular flexibility index (Phi) is 5.26. The van der Waals surface area contributed by atoms with Gasteiger partial charge in [0.1, 0.15) is 0 Å². The Labute approximate surface area is 150 Å². The number of carbonyl (C=O) groups is 1. The van der Waals surface area contributed by atoms with Crippen LogP contribution in [0.3, 0.4) is 0 Å². The van der Waals surface area contributed by atoms with Crippen molar-refractivity contribution in [2.45, 2.75) is 52.5 Å². The Hall–Kier alpha value is -2.10. The van der Waals surface area contributed by atoms with Crippen molar-refractivity contribution in [2.75, 3.05) is 6.54 Å². The number of carbonyl (C=O) groups excluding carboxylic acids is 1. The van der Waals surface area contributed by atoms with E-state index in [2.05, 4.69) is 50.1 Å². The molecule has 0 saturated carbocycles. The van der Waals surface area contributed by atoms with Crippen molar-refractivity contribution in [3.05, 3.63) is 52.8 Å². The topological polar surface area (TPSA) is 38.1 Å². The lowest BCUT2D eigenvalue weighted by molar-refractivity contribution is -0.132. The maximum Gasteiger partial charge on any atom is 0.222 e. The number of aromatic nitrogens is 2. The molecule has 0 saturated heterocycles. The Balaban J connectivity index is 1.83. The van der Waals surface area contributed by atoms with Crippen LogP contribution in [0.15, 0.2) is 30.5 Å². The van der Waals surface area contributed by atoms with Crippen LogP contribution in [-0.4, -0.2) is 27.1 Å². The van der Waals surface area contributed by atoms with Crippen molar-refractivity contribution in [1.29, 1.82) is 0 Å². The standard InChI is InChI=1S/C21H29N3O/c1-15(2)8-7-11-21(25)24-13-17-9-5-6-10-18(17)20(14-24)19-12-22-23(4)16(19)3/h5-6,9-10,12,15,20H,7-8,11,13-14H2,1-4H3. The van der Waals surface area contributed by atoms with Crippen LogP contribution in [0.1, 0.15) is 61.4 Å². The summed E-state index contributed by atoms with van der Waals surface area (Å²) in [6.45, 7) is 8.01. The fourth-order valence-corrected chi connectivity index (χ4v) is 3.74. The van der Waals surface area contributed by atoms with E-state index in [0.29, 0.717) is 12.3 Å². The fraction of sp³-hybridized carbons (Fsp3) is 0.524. The van der Waals surface area contributed by atoms with E-state index in [1.807, 2.05) is 22.8 Å². The zero-order valence-electron chi connectivity index (χ0n) is 15.8. The summed E-state index contributed by atoms with van der Waals surface area (Å²) in [6.07, 6.45) is 4.70. The number of hydrogen-bond acceptors (Lipinski definition) is 2. The monoisotopic (exact) mass is 339 g/mol. The highest BCUT2D eigenvalue weighted by Crippen LogP contribution is 2.35. The third kappa shape index (κ3) is 3.78. The van der Waals surface area contributed by atoms with Gasteiger partial charge < -0.3 is 4.90 Å². The molecule has 0 radical (unpaired) electrons. The van der Waals surface area contributed by atoms with Gasteiger partial charge in [-0.2, -0.15) is 5.10 Å². The van der Waals surface area contributed by atoms with Gasteiger partial charge in [0.05, 0.1) is 6.20 Å². The molecule has 25 heavy (non-hydrogen) atoms. The van der Waals surface area contributed by atoms with Crippen molar-refractivity contribution >= 4 is 5.91 Å². The highest BCUT2D eigenvalue weighted by atomic mass is 16.2. The number of aryl methyl sites for hydroxylation is 1. The van der Waals surface area contributed by atoms with E-state index in [4.69, 9.17) is 0 Å². The van der Waals surface area contributed by atoms with Crippen molar-refractivity contribution in [1.82, 2.24) is 14.7 Å². The lowest BCUT2D eigenvalue weighted by atomic mass is 9.84. The van der Waals surface area contributed by atoms with Crippen molar-refractivity contribution in [3.8, 4) is 0 Å². The van der Waals surface area contributed by atoms with Crippen LogP contribution in [0.2, 0.25) is 0 Å². The summed E-state index contributed by atoms with van der Waals surface area (Å²) in [7, 11) is 1.97. The minimum Gasteiger partial charge on any atom is -0.337 e. The summed E-state index contributed by atoms with van der Waals surface area (Å²) in [6, 6.07) is 8.52. The molecular weight excluding hydrogens is 310 g/mol. The average Bonchev–Trinajstić information content (AvgIpc) is 2.92. The molecule has 1 unspecified atom stereocenters. The molecule has 0 fully saturated rings. The van der Waals surface area contributed by atoms with Crippen molar-refractivity contribution < 1.29 is 4.79 Å². The van der Waals surface area contributed by atoms with Gasteiger partial charge in [-0.15, -0.1) is 0 Å². The largest absolute Gasteiger partial charge is 0.337 e. The van der Waals surface area contributed by atoms with Crippen LogP contribution in [0.25, 0.3) is 0 Å². The lowest BCUT2D eigenvalue weighted by Gasteiger charge is -2.35. The van der Waals surface area contributed by atoms with Gasteiger partial charge in [-0.1, -0.05) is 44.5 Å². The van der Waals surface area contributed by atoms with Gasteiger partial charge in [-0.25, -0.2) is 0 Å². The molecule has 3 rings (SSSR count). The summed E-state index contributed by atoms with van der Waals surface area (Å²) in [5.41, 5.74) is 5.01. The van der Waals surface area contributed by atoms with Gasteiger partial charge in [0.2, 0.25) is 5.91 Å². The van der Waals surface area contributed by atoms with Gasteiger partial charge in [0.25, 0.3) is 0 Å². The van der Waals surface area contributed by atoms with Gasteiger partial charge in [0.15, 0.2) is 0 Å². The molecule has 1 aromatic heterocycles. The van der Waals surface area contributed by atoms with Gasteiger partial charge >= 0.3 is 0 Å². The third-order valence-electron chi connectivity index (χ3n) is 5.37. The smallest absolute Gasteiger partial charge is 0.222 e. The van der Waals surface area contributed by atoms with E-state index in [-0.39, 0.29) is 11.8 Å². The molecule has 1 aromatic carbocycles. The Bertz CT molecular complexity index is 747. The van der Waals surface area contributed by atoms with E-state index >= 15 is 0 Å². The van der Waals surface area contributed by atoms with E-state index in [1.54, 1.807) is 0 Å². The molecule has 1 amide bonds. The molecule has 0 spiro atoms. The molecule has 2 aromatic rings. The minimum absolute atomic E-state index is 0.215. The van der Waals surface area contributed by atoms with Crippen LogP contribution in [-0.2, 0) is 18.4 Å². The van der Waals surface area contributed by atoms with E-state index in [9.17, 15) is 4.79 Å². The van der Waals surface area contributed by atoms with Crippen molar-refractivity contribution in [3.63, 3.8) is 0 Å². The molecule has 1 aliphatic rings. The third-order valence-corrected chi connectivity index (χ3v) is 5.37. The van der Waals surface area contributed by atoms with Crippen LogP contribution in [0.5, 0.6) is 0 Å². The van der Waals surface area contributed by atoms with Gasteiger partial charge in [-0.05, 0) is 30.4 Å². The molecule has 0 N–H and O–H groups in total. The predicted molar refractivity (Wildman–Crippen MR) is 100 cm³/mol. The molecule has 134 valence electrons. The molecule has 2 heterocycles. The summed E-state index contributed by atoms with van der Waals surface area (Å²) >= 11 is 0. The quantitative estimate of drug-likeness (QED) is 0.825. The zero-order valence-corrected chi connectivity index (χ0v) is 15.8. The SMILES string of the molecule is Cc1c(C2CN(C(=O)CCCC(C)C)Cc3ccccc32)cnn1C. The summed E-state index contributed by atoms with van der Waals surface area (Å²) in [5.74, 6) is 1.15. The van der Waals surface area contributed by atoms with Crippen LogP contribution < -0.4 is 0 Å². The van der Waals surface area contributed by atoms with Crippen LogP contribution >= 0.6 is 0 Å². The number of benzene rings is 1. The summed E-state index contributed by atoms with van der Waals surface area (Å²) in [4.78, 5) is 14.8.